The van der Waals surface area contributed by atoms with Crippen LogP contribution in [0.3, 0.4) is 0 Å². The van der Waals surface area contributed by atoms with Crippen LogP contribution in [0.5, 0.6) is 0 Å². The molecule has 1 heterocycles. The van der Waals surface area contributed by atoms with Crippen molar-refractivity contribution in [2.75, 3.05) is 4.72 Å². The number of amides is 1. The molecule has 0 saturated carbocycles. The fraction of sp³-hybridized carbons (Fsp3) is 0.143. The molecule has 0 aliphatic rings. The molecule has 150 valence electrons. The summed E-state index contributed by atoms with van der Waals surface area (Å²) >= 11 is 1.58. The van der Waals surface area contributed by atoms with Gasteiger partial charge in [-0.05, 0) is 48.2 Å². The molecule has 6 nitrogen and oxygen atoms in total. The molecule has 2 aromatic carbocycles. The summed E-state index contributed by atoms with van der Waals surface area (Å²) in [4.78, 5) is 24.5. The Bertz CT molecular complexity index is 1090. The Labute approximate surface area is 173 Å². The van der Waals surface area contributed by atoms with Crippen LogP contribution in [0.1, 0.15) is 27.7 Å². The molecule has 0 atom stereocenters. The largest absolute Gasteiger partial charge is 0.351 e. The Morgan fingerprint density at radius 1 is 0.966 bits per heavy atom. The van der Waals surface area contributed by atoms with Gasteiger partial charge in [-0.15, -0.1) is 11.3 Å². The Morgan fingerprint density at radius 3 is 2.24 bits per heavy atom. The fourth-order valence-corrected chi connectivity index (χ4v) is 4.32. The minimum Gasteiger partial charge on any atom is -0.351 e. The molecule has 0 aliphatic heterocycles. The molecule has 29 heavy (non-hydrogen) atoms. The molecule has 8 heteroatoms. The number of thiophene rings is 1. The number of carbonyl (C=O) groups is 2. The first-order valence-corrected chi connectivity index (χ1v) is 11.2. The van der Waals surface area contributed by atoms with E-state index in [1.165, 1.54) is 31.2 Å². The quantitative estimate of drug-likeness (QED) is 0.536. The van der Waals surface area contributed by atoms with Gasteiger partial charge in [0.1, 0.15) is 0 Å². The number of ketones is 1. The van der Waals surface area contributed by atoms with Crippen LogP contribution in [0.2, 0.25) is 0 Å². The molecule has 3 aromatic rings. The van der Waals surface area contributed by atoms with Crippen molar-refractivity contribution >= 4 is 38.7 Å². The van der Waals surface area contributed by atoms with Crippen molar-refractivity contribution in [1.82, 2.24) is 5.32 Å². The summed E-state index contributed by atoms with van der Waals surface area (Å²) < 4.78 is 27.5. The highest BCUT2D eigenvalue weighted by Crippen LogP contribution is 2.18. The highest BCUT2D eigenvalue weighted by atomic mass is 32.2. The third-order valence-electron chi connectivity index (χ3n) is 4.18. The van der Waals surface area contributed by atoms with Crippen molar-refractivity contribution < 1.29 is 18.0 Å². The van der Waals surface area contributed by atoms with Crippen LogP contribution in [0.25, 0.3) is 0 Å². The number of sulfonamides is 1. The van der Waals surface area contributed by atoms with E-state index in [1.54, 1.807) is 35.6 Å². The van der Waals surface area contributed by atoms with Crippen molar-refractivity contribution in [3.63, 3.8) is 0 Å². The van der Waals surface area contributed by atoms with Crippen LogP contribution in [0.15, 0.2) is 70.9 Å². The molecule has 0 spiro atoms. The van der Waals surface area contributed by atoms with E-state index in [0.717, 1.165) is 10.4 Å². The van der Waals surface area contributed by atoms with Crippen LogP contribution < -0.4 is 10.0 Å². The van der Waals surface area contributed by atoms with Gasteiger partial charge in [0.2, 0.25) is 5.91 Å². The summed E-state index contributed by atoms with van der Waals surface area (Å²) in [5, 5.41) is 4.81. The van der Waals surface area contributed by atoms with Gasteiger partial charge in [0, 0.05) is 16.1 Å². The van der Waals surface area contributed by atoms with Gasteiger partial charge in [0.15, 0.2) is 5.78 Å². The molecular formula is C21H20N2O4S2. The maximum Gasteiger partial charge on any atom is 0.261 e. The smallest absolute Gasteiger partial charge is 0.261 e. The minimum atomic E-state index is -3.76. The van der Waals surface area contributed by atoms with Gasteiger partial charge in [0.25, 0.3) is 10.0 Å². The molecule has 2 N–H and O–H groups in total. The molecular weight excluding hydrogens is 408 g/mol. The number of Topliss-reactive ketones (excluding diaryl/α,β-unsaturated/α-hetero) is 1. The topological polar surface area (TPSA) is 92.3 Å². The Kier molecular flexibility index (Phi) is 6.46. The summed E-state index contributed by atoms with van der Waals surface area (Å²) in [6.07, 6.45) is 0.213. The summed E-state index contributed by atoms with van der Waals surface area (Å²) in [6, 6.07) is 16.3. The second-order valence-corrected chi connectivity index (χ2v) is 9.13. The van der Waals surface area contributed by atoms with Crippen molar-refractivity contribution in [2.45, 2.75) is 24.8 Å². The molecule has 0 unspecified atom stereocenters. The fourth-order valence-electron chi connectivity index (χ4n) is 2.62. The molecule has 1 aromatic heterocycles. The van der Waals surface area contributed by atoms with E-state index in [0.29, 0.717) is 17.8 Å². The maximum atomic E-state index is 12.5. The number of hydrogen-bond acceptors (Lipinski definition) is 5. The molecule has 0 bridgehead atoms. The van der Waals surface area contributed by atoms with Gasteiger partial charge in [-0.25, -0.2) is 8.42 Å². The maximum absolute atomic E-state index is 12.5. The molecule has 0 fully saturated rings. The van der Waals surface area contributed by atoms with Gasteiger partial charge in [0.05, 0.1) is 17.9 Å². The minimum absolute atomic E-state index is 0.0690. The first-order valence-electron chi connectivity index (χ1n) is 8.85. The lowest BCUT2D eigenvalue weighted by atomic mass is 10.1. The standard InChI is InChI=1S/C21H20N2O4S2/c1-15(24)17-6-10-20(11-7-17)29(26,27)23-18-8-4-16(5-9-18)13-21(25)22-14-19-3-2-12-28-19/h2-12,23H,13-14H2,1H3,(H,22,25). The zero-order valence-corrected chi connectivity index (χ0v) is 17.3. The summed E-state index contributed by atoms with van der Waals surface area (Å²) in [7, 11) is -3.76. The highest BCUT2D eigenvalue weighted by Gasteiger charge is 2.15. The van der Waals surface area contributed by atoms with Gasteiger partial charge in [-0.3, -0.25) is 14.3 Å². The van der Waals surface area contributed by atoms with E-state index in [2.05, 4.69) is 10.0 Å². The monoisotopic (exact) mass is 428 g/mol. The number of carbonyl (C=O) groups excluding carboxylic acids is 2. The second-order valence-electron chi connectivity index (χ2n) is 6.42. The van der Waals surface area contributed by atoms with Crippen LogP contribution in [-0.2, 0) is 27.8 Å². The molecule has 1 amide bonds. The summed E-state index contributed by atoms with van der Waals surface area (Å²) in [6.45, 7) is 1.92. The van der Waals surface area contributed by atoms with E-state index in [-0.39, 0.29) is 23.0 Å². The van der Waals surface area contributed by atoms with Crippen molar-refractivity contribution in [1.29, 1.82) is 0 Å². The normalized spacial score (nSPS) is 11.1. The molecule has 0 radical (unpaired) electrons. The van der Waals surface area contributed by atoms with E-state index in [4.69, 9.17) is 0 Å². The summed E-state index contributed by atoms with van der Waals surface area (Å²) in [5.74, 6) is -0.228. The average molecular weight is 429 g/mol. The average Bonchev–Trinajstić information content (AvgIpc) is 3.21. The number of hydrogen-bond donors (Lipinski definition) is 2. The Morgan fingerprint density at radius 2 is 1.66 bits per heavy atom. The van der Waals surface area contributed by atoms with Gasteiger partial charge in [-0.2, -0.15) is 0 Å². The Balaban J connectivity index is 1.59. The zero-order chi connectivity index (χ0) is 20.9. The van der Waals surface area contributed by atoms with E-state index in [1.807, 2.05) is 17.5 Å². The van der Waals surface area contributed by atoms with Crippen LogP contribution in [0, 0.1) is 0 Å². The van der Waals surface area contributed by atoms with Crippen molar-refractivity contribution in [2.24, 2.45) is 0 Å². The predicted molar refractivity (Wildman–Crippen MR) is 114 cm³/mol. The number of rotatable bonds is 8. The number of nitrogens with one attached hydrogen (secondary N) is 2. The van der Waals surface area contributed by atoms with Crippen LogP contribution in [0.4, 0.5) is 5.69 Å². The third kappa shape index (κ3) is 5.75. The van der Waals surface area contributed by atoms with Gasteiger partial charge in [-0.1, -0.05) is 30.3 Å². The third-order valence-corrected chi connectivity index (χ3v) is 6.46. The van der Waals surface area contributed by atoms with Crippen molar-refractivity contribution in [3.05, 3.63) is 82.0 Å². The van der Waals surface area contributed by atoms with Gasteiger partial charge < -0.3 is 5.32 Å². The van der Waals surface area contributed by atoms with E-state index >= 15 is 0 Å². The van der Waals surface area contributed by atoms with E-state index in [9.17, 15) is 18.0 Å². The summed E-state index contributed by atoms with van der Waals surface area (Å²) in [5.41, 5.74) is 1.62. The zero-order valence-electron chi connectivity index (χ0n) is 15.7. The number of benzene rings is 2. The first-order chi connectivity index (χ1) is 13.8. The van der Waals surface area contributed by atoms with E-state index < -0.39 is 10.0 Å². The highest BCUT2D eigenvalue weighted by molar-refractivity contribution is 7.92. The first kappa shape index (κ1) is 20.8. The Hall–Kier alpha value is -2.97. The lowest BCUT2D eigenvalue weighted by Crippen LogP contribution is -2.24. The lowest BCUT2D eigenvalue weighted by molar-refractivity contribution is -0.120. The lowest BCUT2D eigenvalue weighted by Gasteiger charge is -2.09. The predicted octanol–water partition coefficient (Wildman–Crippen LogP) is 3.61. The van der Waals surface area contributed by atoms with Crippen LogP contribution in [-0.4, -0.2) is 20.1 Å². The molecule has 0 saturated heterocycles. The molecule has 3 rings (SSSR count). The SMILES string of the molecule is CC(=O)c1ccc(S(=O)(=O)Nc2ccc(CC(=O)NCc3cccs3)cc2)cc1. The second kappa shape index (κ2) is 9.02. The number of anilines is 1. The molecule has 0 aliphatic carbocycles. The van der Waals surface area contributed by atoms with Crippen LogP contribution >= 0.6 is 11.3 Å². The van der Waals surface area contributed by atoms with Crippen molar-refractivity contribution in [3.8, 4) is 0 Å². The van der Waals surface area contributed by atoms with Gasteiger partial charge >= 0.3 is 0 Å².